The zero-order chi connectivity index (χ0) is 15.0. The number of nitrogens with two attached hydrogens (primary N) is 2. The zero-order valence-corrected chi connectivity index (χ0v) is 11.8. The first kappa shape index (κ1) is 16.0. The molecule has 0 bridgehead atoms. The molecule has 2 amide bonds. The normalized spacial score (nSPS) is 10.2. The molecule has 6 nitrogen and oxygen atoms in total. The first-order valence-corrected chi connectivity index (χ1v) is 6.64. The van der Waals surface area contributed by atoms with Gasteiger partial charge in [0.15, 0.2) is 0 Å². The Morgan fingerprint density at radius 3 is 2.10 bits per heavy atom. The molecule has 0 aliphatic carbocycles. The van der Waals surface area contributed by atoms with Gasteiger partial charge < -0.3 is 21.7 Å². The van der Waals surface area contributed by atoms with Gasteiger partial charge in [0.25, 0.3) is 0 Å². The monoisotopic (exact) mass is 278 g/mol. The Hall–Kier alpha value is -2.08. The number of nitrogens with zero attached hydrogens (tertiary/aromatic N) is 1. The minimum atomic E-state index is -0.500. The van der Waals surface area contributed by atoms with Crippen LogP contribution in [0.1, 0.15) is 18.9 Å². The molecule has 0 fully saturated rings. The highest BCUT2D eigenvalue weighted by Crippen LogP contribution is 2.14. The summed E-state index contributed by atoms with van der Waals surface area (Å²) >= 11 is 0. The van der Waals surface area contributed by atoms with Crippen molar-refractivity contribution < 1.29 is 9.59 Å². The molecular weight excluding hydrogens is 256 g/mol. The molecule has 0 saturated heterocycles. The third kappa shape index (κ3) is 5.71. The maximum atomic E-state index is 11.0. The summed E-state index contributed by atoms with van der Waals surface area (Å²) in [6.45, 7) is 3.81. The van der Waals surface area contributed by atoms with E-state index < -0.39 is 11.8 Å². The number of primary amides is 2. The van der Waals surface area contributed by atoms with Crippen LogP contribution >= 0.6 is 0 Å². The first-order chi connectivity index (χ1) is 9.52. The summed E-state index contributed by atoms with van der Waals surface area (Å²) in [5.74, 6) is -1.00. The Balaban J connectivity index is 2.71. The predicted molar refractivity (Wildman–Crippen MR) is 79.0 cm³/mol. The minimum absolute atomic E-state index is 0.0314. The average Bonchev–Trinajstić information content (AvgIpc) is 2.38. The SMILES string of the molecule is CCCNCc1ccc(N(CC(N)=O)CC(N)=O)cc1. The van der Waals surface area contributed by atoms with E-state index in [1.807, 2.05) is 24.3 Å². The van der Waals surface area contributed by atoms with Crippen LogP contribution in [0.15, 0.2) is 24.3 Å². The molecule has 0 aliphatic rings. The Kier molecular flexibility index (Phi) is 6.52. The average molecular weight is 278 g/mol. The number of rotatable bonds is 9. The molecule has 1 aromatic carbocycles. The highest BCUT2D eigenvalue weighted by molar-refractivity contribution is 5.84. The lowest BCUT2D eigenvalue weighted by molar-refractivity contribution is -0.117. The first-order valence-electron chi connectivity index (χ1n) is 6.64. The van der Waals surface area contributed by atoms with Crippen LogP contribution < -0.4 is 21.7 Å². The molecule has 0 aromatic heterocycles. The second-order valence-corrected chi connectivity index (χ2v) is 4.63. The molecule has 110 valence electrons. The van der Waals surface area contributed by atoms with E-state index in [1.165, 1.54) is 0 Å². The Morgan fingerprint density at radius 2 is 1.65 bits per heavy atom. The van der Waals surface area contributed by atoms with Gasteiger partial charge in [-0.05, 0) is 30.7 Å². The van der Waals surface area contributed by atoms with Crippen molar-refractivity contribution in [3.05, 3.63) is 29.8 Å². The smallest absolute Gasteiger partial charge is 0.236 e. The topological polar surface area (TPSA) is 101 Å². The van der Waals surface area contributed by atoms with Crippen molar-refractivity contribution in [2.45, 2.75) is 19.9 Å². The van der Waals surface area contributed by atoms with E-state index in [0.29, 0.717) is 0 Å². The summed E-state index contributed by atoms with van der Waals surface area (Å²) in [4.78, 5) is 23.6. The van der Waals surface area contributed by atoms with E-state index in [0.717, 1.165) is 30.8 Å². The lowest BCUT2D eigenvalue weighted by atomic mass is 10.2. The molecule has 0 atom stereocenters. The largest absolute Gasteiger partial charge is 0.368 e. The van der Waals surface area contributed by atoms with Gasteiger partial charge in [-0.1, -0.05) is 19.1 Å². The van der Waals surface area contributed by atoms with Crippen LogP contribution in [-0.4, -0.2) is 31.4 Å². The molecule has 0 saturated carbocycles. The number of amides is 2. The third-order valence-corrected chi connectivity index (χ3v) is 2.75. The predicted octanol–water partition coefficient (Wildman–Crippen LogP) is -0.0368. The zero-order valence-electron chi connectivity index (χ0n) is 11.8. The highest BCUT2D eigenvalue weighted by Gasteiger charge is 2.11. The molecule has 6 heteroatoms. The van der Waals surface area contributed by atoms with Crippen molar-refractivity contribution in [3.8, 4) is 0 Å². The van der Waals surface area contributed by atoms with Crippen molar-refractivity contribution in [1.29, 1.82) is 0 Å². The second kappa shape index (κ2) is 8.16. The highest BCUT2D eigenvalue weighted by atomic mass is 16.2. The summed E-state index contributed by atoms with van der Waals surface area (Å²) in [7, 11) is 0. The maximum Gasteiger partial charge on any atom is 0.236 e. The summed E-state index contributed by atoms with van der Waals surface area (Å²) in [6, 6.07) is 7.61. The number of carbonyl (C=O) groups excluding carboxylic acids is 2. The quantitative estimate of drug-likeness (QED) is 0.552. The van der Waals surface area contributed by atoms with Gasteiger partial charge in [-0.15, -0.1) is 0 Å². The van der Waals surface area contributed by atoms with Crippen LogP contribution in [0.25, 0.3) is 0 Å². The summed E-state index contributed by atoms with van der Waals surface area (Å²) in [6.07, 6.45) is 1.09. The molecule has 5 N–H and O–H groups in total. The number of anilines is 1. The van der Waals surface area contributed by atoms with E-state index in [4.69, 9.17) is 11.5 Å². The van der Waals surface area contributed by atoms with Gasteiger partial charge in [0, 0.05) is 12.2 Å². The van der Waals surface area contributed by atoms with Crippen molar-refractivity contribution in [1.82, 2.24) is 5.32 Å². The van der Waals surface area contributed by atoms with Crippen LogP contribution in [0.5, 0.6) is 0 Å². The molecule has 0 radical (unpaired) electrons. The van der Waals surface area contributed by atoms with E-state index in [2.05, 4.69) is 12.2 Å². The molecular formula is C14H22N4O2. The molecule has 1 rings (SSSR count). The Bertz CT molecular complexity index is 429. The van der Waals surface area contributed by atoms with Crippen LogP contribution in [0, 0.1) is 0 Å². The van der Waals surface area contributed by atoms with E-state index in [9.17, 15) is 9.59 Å². The van der Waals surface area contributed by atoms with E-state index in [-0.39, 0.29) is 13.1 Å². The van der Waals surface area contributed by atoms with Gasteiger partial charge in [-0.3, -0.25) is 9.59 Å². The van der Waals surface area contributed by atoms with Crippen molar-refractivity contribution in [2.24, 2.45) is 11.5 Å². The molecule has 20 heavy (non-hydrogen) atoms. The second-order valence-electron chi connectivity index (χ2n) is 4.63. The van der Waals surface area contributed by atoms with Gasteiger partial charge in [0.1, 0.15) is 0 Å². The van der Waals surface area contributed by atoms with Crippen LogP contribution in [0.3, 0.4) is 0 Å². The van der Waals surface area contributed by atoms with Gasteiger partial charge in [0.05, 0.1) is 13.1 Å². The number of benzene rings is 1. The fourth-order valence-electron chi connectivity index (χ4n) is 1.85. The van der Waals surface area contributed by atoms with Gasteiger partial charge in [-0.2, -0.15) is 0 Å². The van der Waals surface area contributed by atoms with Gasteiger partial charge in [0.2, 0.25) is 11.8 Å². The summed E-state index contributed by atoms with van der Waals surface area (Å²) < 4.78 is 0. The molecule has 0 aliphatic heterocycles. The van der Waals surface area contributed by atoms with Crippen molar-refractivity contribution in [2.75, 3.05) is 24.5 Å². The van der Waals surface area contributed by atoms with Crippen molar-refractivity contribution in [3.63, 3.8) is 0 Å². The lowest BCUT2D eigenvalue weighted by Gasteiger charge is -2.21. The molecule has 0 unspecified atom stereocenters. The minimum Gasteiger partial charge on any atom is -0.368 e. The molecule has 1 aromatic rings. The fourth-order valence-corrected chi connectivity index (χ4v) is 1.85. The van der Waals surface area contributed by atoms with Gasteiger partial charge >= 0.3 is 0 Å². The Morgan fingerprint density at radius 1 is 1.10 bits per heavy atom. The van der Waals surface area contributed by atoms with Crippen LogP contribution in [-0.2, 0) is 16.1 Å². The molecule has 0 heterocycles. The molecule has 0 spiro atoms. The van der Waals surface area contributed by atoms with E-state index in [1.54, 1.807) is 4.90 Å². The summed E-state index contributed by atoms with van der Waals surface area (Å²) in [5.41, 5.74) is 12.2. The lowest BCUT2D eigenvalue weighted by Crippen LogP contribution is -2.39. The van der Waals surface area contributed by atoms with Crippen molar-refractivity contribution >= 4 is 17.5 Å². The van der Waals surface area contributed by atoms with Crippen LogP contribution in [0.4, 0.5) is 5.69 Å². The van der Waals surface area contributed by atoms with Gasteiger partial charge in [-0.25, -0.2) is 0 Å². The number of carbonyl (C=O) groups is 2. The summed E-state index contributed by atoms with van der Waals surface area (Å²) in [5, 5.41) is 3.30. The number of hydrogen-bond donors (Lipinski definition) is 3. The standard InChI is InChI=1S/C14H22N4O2/c1-2-7-17-8-11-3-5-12(6-4-11)18(9-13(15)19)10-14(16)20/h3-6,17H,2,7-10H2,1H3,(H2,15,19)(H2,16,20). The van der Waals surface area contributed by atoms with Crippen LogP contribution in [0.2, 0.25) is 0 Å². The number of hydrogen-bond acceptors (Lipinski definition) is 4. The maximum absolute atomic E-state index is 11.0. The van der Waals surface area contributed by atoms with E-state index >= 15 is 0 Å². The fraction of sp³-hybridized carbons (Fsp3) is 0.429. The third-order valence-electron chi connectivity index (χ3n) is 2.75. The Labute approximate surface area is 119 Å². The number of nitrogens with one attached hydrogen (secondary N) is 1.